The number of amides is 1. The molecule has 146 valence electrons. The second-order valence-corrected chi connectivity index (χ2v) is 7.28. The molecule has 0 spiro atoms. The Balaban J connectivity index is 1.70. The van der Waals surface area contributed by atoms with Gasteiger partial charge in [0.15, 0.2) is 0 Å². The minimum atomic E-state index is 0.0884. The van der Waals surface area contributed by atoms with Crippen LogP contribution in [0.5, 0.6) is 0 Å². The van der Waals surface area contributed by atoms with Crippen molar-refractivity contribution in [3.05, 3.63) is 53.3 Å². The van der Waals surface area contributed by atoms with Crippen LogP contribution in [0.25, 0.3) is 0 Å². The normalized spacial score (nSPS) is 18.7. The number of hydrogen-bond acceptors (Lipinski definition) is 4. The second-order valence-electron chi connectivity index (χ2n) is 7.28. The van der Waals surface area contributed by atoms with E-state index in [4.69, 9.17) is 5.11 Å². The minimum Gasteiger partial charge on any atom is -0.394 e. The van der Waals surface area contributed by atoms with Crippen molar-refractivity contribution in [2.45, 2.75) is 52.4 Å². The van der Waals surface area contributed by atoms with Crippen LogP contribution in [0.15, 0.2) is 36.5 Å². The van der Waals surface area contributed by atoms with Crippen molar-refractivity contribution in [3.8, 4) is 0 Å². The van der Waals surface area contributed by atoms with Crippen LogP contribution in [0.3, 0.4) is 0 Å². The number of rotatable bonds is 7. The van der Waals surface area contributed by atoms with Gasteiger partial charge < -0.3 is 10.0 Å². The third kappa shape index (κ3) is 4.96. The zero-order valence-corrected chi connectivity index (χ0v) is 16.3. The molecular weight excluding hydrogens is 340 g/mol. The molecule has 0 bridgehead atoms. The Morgan fingerprint density at radius 2 is 2.00 bits per heavy atom. The second kappa shape index (κ2) is 9.15. The summed E-state index contributed by atoms with van der Waals surface area (Å²) in [4.78, 5) is 17.2. The largest absolute Gasteiger partial charge is 0.394 e. The lowest BCUT2D eigenvalue weighted by Crippen LogP contribution is -2.42. The van der Waals surface area contributed by atoms with Crippen molar-refractivity contribution >= 4 is 5.91 Å². The predicted molar refractivity (Wildman–Crippen MR) is 105 cm³/mol. The minimum absolute atomic E-state index is 0.0884. The molecule has 0 aliphatic carbocycles. The molecule has 1 N–H and O–H groups in total. The Bertz CT molecular complexity index is 744. The fraction of sp³-hybridized carbons (Fsp3) is 0.524. The molecule has 1 aromatic carbocycles. The van der Waals surface area contributed by atoms with Gasteiger partial charge in [-0.25, -0.2) is 0 Å². The molecule has 0 saturated carbocycles. The van der Waals surface area contributed by atoms with Gasteiger partial charge in [0.25, 0.3) is 0 Å². The third-order valence-corrected chi connectivity index (χ3v) is 5.31. The summed E-state index contributed by atoms with van der Waals surface area (Å²) in [6, 6.07) is 10.4. The van der Waals surface area contributed by atoms with Crippen molar-refractivity contribution in [1.29, 1.82) is 0 Å². The summed E-state index contributed by atoms with van der Waals surface area (Å²) < 4.78 is 1.80. The molecule has 1 aliphatic heterocycles. The van der Waals surface area contributed by atoms with Gasteiger partial charge in [0.1, 0.15) is 0 Å². The molecule has 2 heterocycles. The maximum absolute atomic E-state index is 12.8. The lowest BCUT2D eigenvalue weighted by Gasteiger charge is -2.31. The smallest absolute Gasteiger partial charge is 0.224 e. The van der Waals surface area contributed by atoms with Gasteiger partial charge in [0.2, 0.25) is 5.91 Å². The molecule has 1 aliphatic rings. The molecular formula is C21H30N4O2. The average Bonchev–Trinajstić information content (AvgIpc) is 2.94. The van der Waals surface area contributed by atoms with E-state index in [0.717, 1.165) is 31.7 Å². The highest BCUT2D eigenvalue weighted by Crippen LogP contribution is 2.20. The van der Waals surface area contributed by atoms with Gasteiger partial charge in [-0.2, -0.15) is 5.10 Å². The molecule has 1 unspecified atom stereocenters. The van der Waals surface area contributed by atoms with Gasteiger partial charge in [0.05, 0.1) is 18.8 Å². The van der Waals surface area contributed by atoms with Crippen LogP contribution >= 0.6 is 0 Å². The van der Waals surface area contributed by atoms with Crippen LogP contribution in [0, 0.1) is 6.92 Å². The molecule has 2 aromatic rings. The molecule has 1 saturated heterocycles. The molecule has 1 aromatic heterocycles. The van der Waals surface area contributed by atoms with Gasteiger partial charge in [-0.3, -0.25) is 14.4 Å². The molecule has 0 radical (unpaired) electrons. The molecule has 1 amide bonds. The van der Waals surface area contributed by atoms with E-state index >= 15 is 0 Å². The Labute approximate surface area is 161 Å². The van der Waals surface area contributed by atoms with Gasteiger partial charge in [-0.15, -0.1) is 0 Å². The summed E-state index contributed by atoms with van der Waals surface area (Å²) >= 11 is 0. The average molecular weight is 370 g/mol. The summed E-state index contributed by atoms with van der Waals surface area (Å²) in [5.41, 5.74) is 3.34. The van der Waals surface area contributed by atoms with Crippen molar-refractivity contribution in [3.63, 3.8) is 0 Å². The Hall–Kier alpha value is -2.18. The van der Waals surface area contributed by atoms with Gasteiger partial charge in [-0.1, -0.05) is 37.3 Å². The van der Waals surface area contributed by atoms with Crippen molar-refractivity contribution in [2.75, 3.05) is 19.7 Å². The van der Waals surface area contributed by atoms with Crippen LogP contribution in [0.1, 0.15) is 36.6 Å². The number of aromatic nitrogens is 2. The number of aliphatic hydroxyl groups is 1. The van der Waals surface area contributed by atoms with Crippen LogP contribution in [0.4, 0.5) is 0 Å². The van der Waals surface area contributed by atoms with Crippen molar-refractivity contribution < 1.29 is 9.90 Å². The number of nitrogens with zero attached hydrogens (tertiary/aromatic N) is 4. The standard InChI is InChI=1S/C21H30N4O2/c1-3-20-16-23(14-19-15-24(11-12-26)22-17(19)2)10-9-21(27)25(20)13-18-7-5-4-6-8-18/h4-8,15,20,26H,3,9-14,16H2,1-2H3. The van der Waals surface area contributed by atoms with Gasteiger partial charge >= 0.3 is 0 Å². The van der Waals surface area contributed by atoms with E-state index in [1.165, 1.54) is 11.1 Å². The first kappa shape index (κ1) is 19.6. The third-order valence-electron chi connectivity index (χ3n) is 5.31. The molecule has 3 rings (SSSR count). The molecule has 27 heavy (non-hydrogen) atoms. The Kier molecular flexibility index (Phi) is 6.63. The SMILES string of the molecule is CCC1CN(Cc2cn(CCO)nc2C)CCC(=O)N1Cc1ccccc1. The summed E-state index contributed by atoms with van der Waals surface area (Å²) in [6.45, 7) is 7.88. The van der Waals surface area contributed by atoms with E-state index in [1.807, 2.05) is 31.3 Å². The number of benzene rings is 1. The highest BCUT2D eigenvalue weighted by molar-refractivity contribution is 5.77. The maximum Gasteiger partial charge on any atom is 0.224 e. The van der Waals surface area contributed by atoms with E-state index in [1.54, 1.807) is 4.68 Å². The number of hydrogen-bond donors (Lipinski definition) is 1. The van der Waals surface area contributed by atoms with Crippen molar-refractivity contribution in [2.24, 2.45) is 0 Å². The molecule has 6 heteroatoms. The van der Waals surface area contributed by atoms with Crippen LogP contribution in [-0.4, -0.2) is 56.3 Å². The first-order valence-corrected chi connectivity index (χ1v) is 9.80. The van der Waals surface area contributed by atoms with E-state index in [2.05, 4.69) is 34.0 Å². The van der Waals surface area contributed by atoms with Gasteiger partial charge in [-0.05, 0) is 18.9 Å². The quantitative estimate of drug-likeness (QED) is 0.812. The topological polar surface area (TPSA) is 61.6 Å². The maximum atomic E-state index is 12.8. The number of carbonyl (C=O) groups excluding carboxylic acids is 1. The van der Waals surface area contributed by atoms with Crippen LogP contribution in [-0.2, 0) is 24.4 Å². The summed E-state index contributed by atoms with van der Waals surface area (Å²) in [5, 5.41) is 13.6. The highest BCUT2D eigenvalue weighted by Gasteiger charge is 2.29. The predicted octanol–water partition coefficient (Wildman–Crippen LogP) is 2.20. The van der Waals surface area contributed by atoms with E-state index < -0.39 is 0 Å². The first-order valence-electron chi connectivity index (χ1n) is 9.80. The monoisotopic (exact) mass is 370 g/mol. The number of aryl methyl sites for hydroxylation is 1. The number of carbonyl (C=O) groups is 1. The molecule has 6 nitrogen and oxygen atoms in total. The zero-order valence-electron chi connectivity index (χ0n) is 16.3. The van der Waals surface area contributed by atoms with E-state index in [9.17, 15) is 4.79 Å². The van der Waals surface area contributed by atoms with Crippen LogP contribution in [0.2, 0.25) is 0 Å². The summed E-state index contributed by atoms with van der Waals surface area (Å²) in [5.74, 6) is 0.237. The summed E-state index contributed by atoms with van der Waals surface area (Å²) in [6.07, 6.45) is 3.51. The van der Waals surface area contributed by atoms with Crippen molar-refractivity contribution in [1.82, 2.24) is 19.6 Å². The van der Waals surface area contributed by atoms with E-state index in [-0.39, 0.29) is 18.6 Å². The molecule has 1 fully saturated rings. The lowest BCUT2D eigenvalue weighted by molar-refractivity contribution is -0.133. The van der Waals surface area contributed by atoms with Gasteiger partial charge in [0, 0.05) is 50.4 Å². The fourth-order valence-corrected chi connectivity index (χ4v) is 3.75. The summed E-state index contributed by atoms with van der Waals surface area (Å²) in [7, 11) is 0. The molecule has 1 atom stereocenters. The lowest BCUT2D eigenvalue weighted by atomic mass is 10.1. The number of aliphatic hydroxyl groups excluding tert-OH is 1. The first-order chi connectivity index (χ1) is 13.1. The van der Waals surface area contributed by atoms with E-state index in [0.29, 0.717) is 19.5 Å². The zero-order chi connectivity index (χ0) is 19.2. The Morgan fingerprint density at radius 3 is 2.70 bits per heavy atom. The fourth-order valence-electron chi connectivity index (χ4n) is 3.75. The van der Waals surface area contributed by atoms with Crippen LogP contribution < -0.4 is 0 Å². The Morgan fingerprint density at radius 1 is 1.22 bits per heavy atom. The highest BCUT2D eigenvalue weighted by atomic mass is 16.3.